The van der Waals surface area contributed by atoms with Crippen LogP contribution in [0.5, 0.6) is 0 Å². The standard InChI is InChI=1S/C13H21N5OS/c1-8-9(2)15-16-12(10(8)11(14)17-19)18-5-6-20-13(3,4)7-18/h19H,5-7H2,1-4H3,(H2,14,17). The van der Waals surface area contributed by atoms with E-state index >= 15 is 0 Å². The molecule has 0 aliphatic carbocycles. The van der Waals surface area contributed by atoms with Crippen LogP contribution in [0.25, 0.3) is 0 Å². The second kappa shape index (κ2) is 5.47. The van der Waals surface area contributed by atoms with Gasteiger partial charge in [-0.25, -0.2) is 0 Å². The van der Waals surface area contributed by atoms with Crippen molar-refractivity contribution in [1.29, 1.82) is 0 Å². The molecule has 110 valence electrons. The van der Waals surface area contributed by atoms with Crippen molar-refractivity contribution in [2.75, 3.05) is 23.7 Å². The number of rotatable bonds is 2. The topological polar surface area (TPSA) is 87.6 Å². The summed E-state index contributed by atoms with van der Waals surface area (Å²) in [6.07, 6.45) is 0. The molecule has 1 aromatic heterocycles. The van der Waals surface area contributed by atoms with Crippen molar-refractivity contribution in [3.63, 3.8) is 0 Å². The fourth-order valence-electron chi connectivity index (χ4n) is 2.37. The molecule has 0 saturated carbocycles. The molecular weight excluding hydrogens is 274 g/mol. The van der Waals surface area contributed by atoms with Crippen molar-refractivity contribution < 1.29 is 5.21 Å². The van der Waals surface area contributed by atoms with Crippen molar-refractivity contribution in [2.24, 2.45) is 10.9 Å². The number of thioether (sulfide) groups is 1. The molecule has 1 aliphatic rings. The SMILES string of the molecule is Cc1nnc(N2CCSC(C)(C)C2)c(C(N)=NO)c1C. The summed E-state index contributed by atoms with van der Waals surface area (Å²) in [7, 11) is 0. The van der Waals surface area contributed by atoms with Crippen molar-refractivity contribution in [1.82, 2.24) is 10.2 Å². The minimum atomic E-state index is 0.0894. The summed E-state index contributed by atoms with van der Waals surface area (Å²) in [5.74, 6) is 1.82. The summed E-state index contributed by atoms with van der Waals surface area (Å²) in [4.78, 5) is 2.17. The summed E-state index contributed by atoms with van der Waals surface area (Å²) >= 11 is 1.95. The van der Waals surface area contributed by atoms with Crippen LogP contribution in [-0.2, 0) is 0 Å². The first-order valence-electron chi connectivity index (χ1n) is 6.56. The Morgan fingerprint density at radius 3 is 2.70 bits per heavy atom. The van der Waals surface area contributed by atoms with Gasteiger partial charge in [-0.15, -0.1) is 5.10 Å². The van der Waals surface area contributed by atoms with Gasteiger partial charge in [0.15, 0.2) is 11.7 Å². The molecule has 1 aromatic rings. The maximum Gasteiger partial charge on any atom is 0.174 e. The van der Waals surface area contributed by atoms with Crippen LogP contribution in [0.3, 0.4) is 0 Å². The molecule has 1 saturated heterocycles. The lowest BCUT2D eigenvalue weighted by molar-refractivity contribution is 0.318. The first kappa shape index (κ1) is 14.9. The first-order chi connectivity index (χ1) is 9.35. The molecule has 20 heavy (non-hydrogen) atoms. The van der Waals surface area contributed by atoms with Gasteiger partial charge in [0.25, 0.3) is 0 Å². The fourth-order valence-corrected chi connectivity index (χ4v) is 3.48. The first-order valence-corrected chi connectivity index (χ1v) is 7.55. The molecule has 0 spiro atoms. The third-order valence-electron chi connectivity index (χ3n) is 3.53. The number of aromatic nitrogens is 2. The minimum absolute atomic E-state index is 0.0894. The molecule has 0 radical (unpaired) electrons. The quantitative estimate of drug-likeness (QED) is 0.372. The molecule has 1 aliphatic heterocycles. The van der Waals surface area contributed by atoms with E-state index in [-0.39, 0.29) is 10.6 Å². The Morgan fingerprint density at radius 1 is 1.40 bits per heavy atom. The van der Waals surface area contributed by atoms with E-state index in [0.717, 1.165) is 30.1 Å². The highest BCUT2D eigenvalue weighted by Crippen LogP contribution is 2.33. The van der Waals surface area contributed by atoms with Gasteiger partial charge in [0, 0.05) is 23.6 Å². The minimum Gasteiger partial charge on any atom is -0.409 e. The fraction of sp³-hybridized carbons (Fsp3) is 0.615. The lowest BCUT2D eigenvalue weighted by atomic mass is 10.1. The Hall–Kier alpha value is -1.50. The van der Waals surface area contributed by atoms with E-state index in [4.69, 9.17) is 10.9 Å². The largest absolute Gasteiger partial charge is 0.409 e. The van der Waals surface area contributed by atoms with Gasteiger partial charge in [0.2, 0.25) is 0 Å². The predicted molar refractivity (Wildman–Crippen MR) is 82.8 cm³/mol. The molecular formula is C13H21N5OS. The van der Waals surface area contributed by atoms with Gasteiger partial charge >= 0.3 is 0 Å². The van der Waals surface area contributed by atoms with Crippen LogP contribution in [0, 0.1) is 13.8 Å². The van der Waals surface area contributed by atoms with Crippen LogP contribution in [0.15, 0.2) is 5.16 Å². The van der Waals surface area contributed by atoms with Crippen molar-refractivity contribution in [3.05, 3.63) is 16.8 Å². The molecule has 0 atom stereocenters. The second-order valence-corrected chi connectivity index (χ2v) is 7.43. The lowest BCUT2D eigenvalue weighted by Crippen LogP contribution is -2.44. The Balaban J connectivity index is 2.49. The monoisotopic (exact) mass is 295 g/mol. The van der Waals surface area contributed by atoms with E-state index in [9.17, 15) is 0 Å². The zero-order valence-corrected chi connectivity index (χ0v) is 13.2. The lowest BCUT2D eigenvalue weighted by Gasteiger charge is -2.38. The molecule has 2 heterocycles. The number of nitrogens with two attached hydrogens (primary N) is 1. The summed E-state index contributed by atoms with van der Waals surface area (Å²) < 4.78 is 0.154. The maximum atomic E-state index is 9.02. The molecule has 0 bridgehead atoms. The number of anilines is 1. The third-order valence-corrected chi connectivity index (χ3v) is 4.82. The normalized spacial score (nSPS) is 19.2. The average molecular weight is 295 g/mol. The average Bonchev–Trinajstić information content (AvgIpc) is 2.39. The van der Waals surface area contributed by atoms with E-state index in [0.29, 0.717) is 11.4 Å². The Labute approximate surface area is 123 Å². The van der Waals surface area contributed by atoms with Crippen LogP contribution in [0.4, 0.5) is 5.82 Å². The van der Waals surface area contributed by atoms with E-state index < -0.39 is 0 Å². The van der Waals surface area contributed by atoms with Crippen molar-refractivity contribution >= 4 is 23.4 Å². The van der Waals surface area contributed by atoms with Gasteiger partial charge in [-0.2, -0.15) is 16.9 Å². The van der Waals surface area contributed by atoms with Crippen LogP contribution in [0.2, 0.25) is 0 Å². The molecule has 0 amide bonds. The van der Waals surface area contributed by atoms with Gasteiger partial charge in [-0.1, -0.05) is 5.16 Å². The van der Waals surface area contributed by atoms with Crippen LogP contribution in [0.1, 0.15) is 30.7 Å². The number of hydrogen-bond donors (Lipinski definition) is 2. The summed E-state index contributed by atoms with van der Waals surface area (Å²) in [5.41, 5.74) is 8.22. The Morgan fingerprint density at radius 2 is 2.10 bits per heavy atom. The highest BCUT2D eigenvalue weighted by molar-refractivity contribution is 8.00. The molecule has 3 N–H and O–H groups in total. The Kier molecular flexibility index (Phi) is 4.08. The second-order valence-electron chi connectivity index (χ2n) is 5.62. The van der Waals surface area contributed by atoms with E-state index in [1.807, 2.05) is 25.6 Å². The number of aryl methyl sites for hydroxylation is 1. The van der Waals surface area contributed by atoms with Crippen LogP contribution >= 0.6 is 11.8 Å². The smallest absolute Gasteiger partial charge is 0.174 e. The van der Waals surface area contributed by atoms with Crippen LogP contribution in [-0.4, -0.2) is 44.8 Å². The predicted octanol–water partition coefficient (Wildman–Crippen LogP) is 1.52. The summed E-state index contributed by atoms with van der Waals surface area (Å²) in [6, 6.07) is 0. The molecule has 2 rings (SSSR count). The zero-order chi connectivity index (χ0) is 14.9. The third kappa shape index (κ3) is 2.82. The molecule has 0 unspecified atom stereocenters. The van der Waals surface area contributed by atoms with Gasteiger partial charge in [-0.05, 0) is 33.3 Å². The molecule has 0 aromatic carbocycles. The van der Waals surface area contributed by atoms with Gasteiger partial charge < -0.3 is 15.8 Å². The number of hydrogen-bond acceptors (Lipinski definition) is 6. The van der Waals surface area contributed by atoms with E-state index in [1.54, 1.807) is 0 Å². The van der Waals surface area contributed by atoms with Crippen molar-refractivity contribution in [3.8, 4) is 0 Å². The summed E-state index contributed by atoms with van der Waals surface area (Å²) in [6.45, 7) is 9.96. The molecule has 7 heteroatoms. The number of oxime groups is 1. The van der Waals surface area contributed by atoms with Crippen LogP contribution < -0.4 is 10.6 Å². The molecule has 6 nitrogen and oxygen atoms in total. The molecule has 1 fully saturated rings. The zero-order valence-electron chi connectivity index (χ0n) is 12.3. The van der Waals surface area contributed by atoms with E-state index in [2.05, 4.69) is 34.1 Å². The highest BCUT2D eigenvalue weighted by atomic mass is 32.2. The highest BCUT2D eigenvalue weighted by Gasteiger charge is 2.30. The Bertz CT molecular complexity index is 544. The number of amidine groups is 1. The van der Waals surface area contributed by atoms with Crippen molar-refractivity contribution in [2.45, 2.75) is 32.4 Å². The number of nitrogens with zero attached hydrogens (tertiary/aromatic N) is 4. The van der Waals surface area contributed by atoms with Gasteiger partial charge in [0.1, 0.15) is 0 Å². The van der Waals surface area contributed by atoms with Gasteiger partial charge in [0.05, 0.1) is 11.3 Å². The van der Waals surface area contributed by atoms with E-state index in [1.165, 1.54) is 0 Å². The maximum absolute atomic E-state index is 9.02. The summed E-state index contributed by atoms with van der Waals surface area (Å²) in [5, 5.41) is 20.6. The van der Waals surface area contributed by atoms with Gasteiger partial charge in [-0.3, -0.25) is 0 Å².